The predicted molar refractivity (Wildman–Crippen MR) is 113 cm³/mol. The van der Waals surface area contributed by atoms with E-state index in [2.05, 4.69) is 18.7 Å². The van der Waals surface area contributed by atoms with Crippen LogP contribution in [-0.2, 0) is 4.79 Å². The van der Waals surface area contributed by atoms with Crippen molar-refractivity contribution in [3.63, 3.8) is 0 Å². The Bertz CT molecular complexity index is 676. The molecule has 0 aliphatic heterocycles. The van der Waals surface area contributed by atoms with Gasteiger partial charge in [0.15, 0.2) is 0 Å². The molecule has 0 bridgehead atoms. The van der Waals surface area contributed by atoms with Gasteiger partial charge in [-0.25, -0.2) is 0 Å². The highest BCUT2D eigenvalue weighted by molar-refractivity contribution is 5.81. The smallest absolute Gasteiger partial charge is 0.311 e. The van der Waals surface area contributed by atoms with Crippen LogP contribution >= 0.6 is 0 Å². The first-order valence-electron chi connectivity index (χ1n) is 10.3. The number of benzene rings is 2. The lowest BCUT2D eigenvalue weighted by Gasteiger charge is -2.24. The molecule has 3 nitrogen and oxygen atoms in total. The number of nitrogens with zero attached hydrogens (tertiary/aromatic N) is 1. The van der Waals surface area contributed by atoms with Crippen LogP contribution in [0.1, 0.15) is 57.4 Å². The van der Waals surface area contributed by atoms with Crippen LogP contribution in [0.15, 0.2) is 54.6 Å². The van der Waals surface area contributed by atoms with Crippen molar-refractivity contribution in [1.82, 2.24) is 4.90 Å². The number of aliphatic carboxylic acids is 1. The molecule has 0 fully saturated rings. The minimum atomic E-state index is -0.732. The second-order valence-electron chi connectivity index (χ2n) is 7.18. The fourth-order valence-electron chi connectivity index (χ4n) is 3.50. The van der Waals surface area contributed by atoms with Gasteiger partial charge in [-0.15, -0.1) is 0 Å². The summed E-state index contributed by atoms with van der Waals surface area (Å²) < 4.78 is 0. The summed E-state index contributed by atoms with van der Waals surface area (Å²) in [7, 11) is 0. The van der Waals surface area contributed by atoms with Gasteiger partial charge in [0.2, 0.25) is 0 Å². The van der Waals surface area contributed by atoms with Crippen LogP contribution in [-0.4, -0.2) is 35.6 Å². The van der Waals surface area contributed by atoms with Gasteiger partial charge in [-0.3, -0.25) is 4.79 Å². The molecule has 0 heterocycles. The molecule has 0 aliphatic rings. The van der Waals surface area contributed by atoms with E-state index < -0.39 is 11.9 Å². The van der Waals surface area contributed by atoms with E-state index in [0.717, 1.165) is 36.3 Å². The number of carboxylic acid groups (broad SMARTS) is 1. The molecular weight excluding hydrogens is 334 g/mol. The predicted octanol–water partition coefficient (Wildman–Crippen LogP) is 5.81. The molecular formula is C24H33NO2. The first-order chi connectivity index (χ1) is 13.2. The summed E-state index contributed by atoms with van der Waals surface area (Å²) in [5, 5.41) is 9.94. The van der Waals surface area contributed by atoms with Crippen molar-refractivity contribution in [3.05, 3.63) is 60.2 Å². The third-order valence-corrected chi connectivity index (χ3v) is 5.11. The number of carboxylic acids is 1. The van der Waals surface area contributed by atoms with Gasteiger partial charge in [0.05, 0.1) is 5.92 Å². The Morgan fingerprint density at radius 3 is 2.07 bits per heavy atom. The Balaban J connectivity index is 2.19. The van der Waals surface area contributed by atoms with Crippen molar-refractivity contribution in [3.8, 4) is 11.1 Å². The molecule has 146 valence electrons. The largest absolute Gasteiger partial charge is 0.481 e. The van der Waals surface area contributed by atoms with Gasteiger partial charge in [0, 0.05) is 0 Å². The highest BCUT2D eigenvalue weighted by atomic mass is 16.4. The fraction of sp³-hybridized carbons (Fsp3) is 0.458. The van der Waals surface area contributed by atoms with Gasteiger partial charge in [0.1, 0.15) is 0 Å². The van der Waals surface area contributed by atoms with Crippen molar-refractivity contribution >= 4 is 5.97 Å². The van der Waals surface area contributed by atoms with Crippen molar-refractivity contribution in [1.29, 1.82) is 0 Å². The van der Waals surface area contributed by atoms with Crippen LogP contribution in [0.4, 0.5) is 0 Å². The topological polar surface area (TPSA) is 40.5 Å². The van der Waals surface area contributed by atoms with E-state index >= 15 is 0 Å². The highest BCUT2D eigenvalue weighted by Crippen LogP contribution is 2.31. The molecule has 27 heavy (non-hydrogen) atoms. The zero-order chi connectivity index (χ0) is 19.5. The van der Waals surface area contributed by atoms with Gasteiger partial charge >= 0.3 is 5.97 Å². The van der Waals surface area contributed by atoms with Crippen molar-refractivity contribution < 1.29 is 9.90 Å². The Morgan fingerprint density at radius 2 is 1.48 bits per heavy atom. The van der Waals surface area contributed by atoms with E-state index in [4.69, 9.17) is 0 Å². The minimum Gasteiger partial charge on any atom is -0.481 e. The molecule has 0 saturated heterocycles. The first kappa shape index (κ1) is 21.2. The number of carbonyl (C=O) groups is 1. The summed E-state index contributed by atoms with van der Waals surface area (Å²) in [5.41, 5.74) is 3.02. The van der Waals surface area contributed by atoms with Gasteiger partial charge in [0.25, 0.3) is 0 Å². The second-order valence-corrected chi connectivity index (χ2v) is 7.18. The summed E-state index contributed by atoms with van der Waals surface area (Å²) in [4.78, 5) is 14.5. The monoisotopic (exact) mass is 367 g/mol. The van der Waals surface area contributed by atoms with Gasteiger partial charge in [-0.1, -0.05) is 81.3 Å². The summed E-state index contributed by atoms with van der Waals surface area (Å²) in [5.74, 6) is -1.21. The Labute approximate surface area is 164 Å². The average Bonchev–Trinajstić information content (AvgIpc) is 2.70. The normalized spacial score (nSPS) is 12.3. The molecule has 0 radical (unpaired) electrons. The maximum atomic E-state index is 12.1. The van der Waals surface area contributed by atoms with Crippen molar-refractivity contribution in [2.75, 3.05) is 19.6 Å². The summed E-state index contributed by atoms with van der Waals surface area (Å²) in [6.45, 7) is 7.36. The molecule has 0 aromatic heterocycles. The molecule has 1 unspecified atom stereocenters. The van der Waals surface area contributed by atoms with Crippen LogP contribution in [0.5, 0.6) is 0 Å². The third-order valence-electron chi connectivity index (χ3n) is 5.11. The molecule has 0 saturated carbocycles. The Hall–Kier alpha value is -2.13. The highest BCUT2D eigenvalue weighted by Gasteiger charge is 2.23. The molecule has 2 aromatic carbocycles. The zero-order valence-electron chi connectivity index (χ0n) is 16.7. The minimum absolute atomic E-state index is 0.479. The second kappa shape index (κ2) is 11.6. The number of hydrogen-bond acceptors (Lipinski definition) is 2. The summed E-state index contributed by atoms with van der Waals surface area (Å²) >= 11 is 0. The maximum Gasteiger partial charge on any atom is 0.311 e. The SMILES string of the molecule is CCCCN(CCCC)CCC(C(=O)O)c1ccccc1-c1ccccc1. The molecule has 2 rings (SSSR count). The van der Waals surface area contributed by atoms with Crippen LogP contribution in [0.2, 0.25) is 0 Å². The van der Waals surface area contributed by atoms with Gasteiger partial charge < -0.3 is 10.0 Å². The third kappa shape index (κ3) is 6.51. The fourth-order valence-corrected chi connectivity index (χ4v) is 3.50. The lowest BCUT2D eigenvalue weighted by molar-refractivity contribution is -0.139. The van der Waals surface area contributed by atoms with Crippen LogP contribution < -0.4 is 0 Å². The van der Waals surface area contributed by atoms with Gasteiger partial charge in [-0.05, 0) is 55.6 Å². The molecule has 1 atom stereocenters. The van der Waals surface area contributed by atoms with E-state index in [0.29, 0.717) is 6.42 Å². The quantitative estimate of drug-likeness (QED) is 0.514. The lowest BCUT2D eigenvalue weighted by atomic mass is 9.88. The van der Waals surface area contributed by atoms with Crippen molar-refractivity contribution in [2.24, 2.45) is 0 Å². The summed E-state index contributed by atoms with van der Waals surface area (Å²) in [6, 6.07) is 18.0. The van der Waals surface area contributed by atoms with E-state index in [-0.39, 0.29) is 0 Å². The number of unbranched alkanes of at least 4 members (excludes halogenated alkanes) is 2. The molecule has 3 heteroatoms. The van der Waals surface area contributed by atoms with E-state index in [1.54, 1.807) is 0 Å². The Morgan fingerprint density at radius 1 is 0.889 bits per heavy atom. The maximum absolute atomic E-state index is 12.1. The molecule has 2 aromatic rings. The standard InChI is InChI=1S/C24H33NO2/c1-3-5-17-25(18-6-4-2)19-16-23(24(26)27)22-15-11-10-14-21(22)20-12-8-7-9-13-20/h7-15,23H,3-6,16-19H2,1-2H3,(H,26,27). The van der Waals surface area contributed by atoms with E-state index in [1.807, 2.05) is 54.6 Å². The van der Waals surface area contributed by atoms with Crippen LogP contribution in [0.3, 0.4) is 0 Å². The van der Waals surface area contributed by atoms with E-state index in [1.165, 1.54) is 25.7 Å². The molecule has 0 amide bonds. The Kier molecular flexibility index (Phi) is 9.06. The molecule has 1 N–H and O–H groups in total. The van der Waals surface area contributed by atoms with Gasteiger partial charge in [-0.2, -0.15) is 0 Å². The summed E-state index contributed by atoms with van der Waals surface area (Å²) in [6.07, 6.45) is 5.32. The lowest BCUT2D eigenvalue weighted by Crippen LogP contribution is -2.29. The number of rotatable bonds is 12. The van der Waals surface area contributed by atoms with Crippen molar-refractivity contribution in [2.45, 2.75) is 51.9 Å². The molecule has 0 aliphatic carbocycles. The van der Waals surface area contributed by atoms with E-state index in [9.17, 15) is 9.90 Å². The van der Waals surface area contributed by atoms with Crippen LogP contribution in [0.25, 0.3) is 11.1 Å². The van der Waals surface area contributed by atoms with Crippen LogP contribution in [0, 0.1) is 0 Å². The first-order valence-corrected chi connectivity index (χ1v) is 10.3. The zero-order valence-corrected chi connectivity index (χ0v) is 16.7. The average molecular weight is 368 g/mol. The molecule has 0 spiro atoms. The number of hydrogen-bond donors (Lipinski definition) is 1.